The highest BCUT2D eigenvalue weighted by Crippen LogP contribution is 2.30. The molecule has 0 saturated heterocycles. The summed E-state index contributed by atoms with van der Waals surface area (Å²) in [6.07, 6.45) is 0. The number of nitrogens with two attached hydrogens (primary N) is 1. The number of rotatable bonds is 1. The quantitative estimate of drug-likeness (QED) is 0.755. The van der Waals surface area contributed by atoms with Gasteiger partial charge < -0.3 is 15.5 Å². The van der Waals surface area contributed by atoms with Gasteiger partial charge in [0.15, 0.2) is 0 Å². The van der Waals surface area contributed by atoms with Crippen LogP contribution in [0.1, 0.15) is 24.2 Å². The maximum Gasteiger partial charge on any atom is 0.258 e. The van der Waals surface area contributed by atoms with Crippen LogP contribution >= 0.6 is 0 Å². The predicted octanol–water partition coefficient (Wildman–Crippen LogP) is 1.10. The molecular weight excluding hydrogens is 230 g/mol. The van der Waals surface area contributed by atoms with E-state index in [0.717, 1.165) is 0 Å². The number of carbonyl (C=O) groups is 2. The Kier molecular flexibility index (Phi) is 2.98. The number of likely N-dealkylation sites (N-methyl/N-ethyl adjacent to an activating group) is 2. The van der Waals surface area contributed by atoms with Crippen LogP contribution in [0.3, 0.4) is 0 Å². The molecule has 2 N–H and O–H groups in total. The number of hydrogen-bond donors (Lipinski definition) is 1. The van der Waals surface area contributed by atoms with Crippen LogP contribution in [-0.4, -0.2) is 36.3 Å². The first-order valence-electron chi connectivity index (χ1n) is 5.96. The van der Waals surface area contributed by atoms with Gasteiger partial charge in [-0.25, -0.2) is 0 Å². The van der Waals surface area contributed by atoms with Gasteiger partial charge in [0.2, 0.25) is 5.91 Å². The summed E-state index contributed by atoms with van der Waals surface area (Å²) >= 11 is 0. The molecule has 2 amide bonds. The van der Waals surface area contributed by atoms with E-state index in [2.05, 4.69) is 0 Å². The third-order valence-corrected chi connectivity index (χ3v) is 3.41. The summed E-state index contributed by atoms with van der Waals surface area (Å²) in [6, 6.07) is 4.70. The monoisotopic (exact) mass is 247 g/mol. The van der Waals surface area contributed by atoms with E-state index in [1.807, 2.05) is 6.92 Å². The number of nitrogens with zero attached hydrogens (tertiary/aromatic N) is 2. The lowest BCUT2D eigenvalue weighted by atomic mass is 10.1. The molecule has 2 rings (SSSR count). The zero-order valence-electron chi connectivity index (χ0n) is 10.8. The molecule has 1 aromatic rings. The number of anilines is 2. The highest BCUT2D eigenvalue weighted by atomic mass is 16.2. The minimum atomic E-state index is -0.473. The Bertz CT molecular complexity index is 513. The van der Waals surface area contributed by atoms with Gasteiger partial charge in [0.1, 0.15) is 6.04 Å². The molecule has 1 aliphatic heterocycles. The number of carbonyl (C=O) groups excluding carboxylic acids is 2. The summed E-state index contributed by atoms with van der Waals surface area (Å²) in [5.41, 5.74) is 7.29. The number of hydrogen-bond acceptors (Lipinski definition) is 3. The van der Waals surface area contributed by atoms with E-state index in [0.29, 0.717) is 23.5 Å². The Labute approximate surface area is 106 Å². The highest BCUT2D eigenvalue weighted by molar-refractivity contribution is 6.13. The second-order valence-corrected chi connectivity index (χ2v) is 4.41. The topological polar surface area (TPSA) is 66.6 Å². The van der Waals surface area contributed by atoms with Crippen LogP contribution in [0, 0.1) is 0 Å². The van der Waals surface area contributed by atoms with Gasteiger partial charge in [0.05, 0.1) is 11.3 Å². The van der Waals surface area contributed by atoms with Crippen LogP contribution in [0.25, 0.3) is 0 Å². The van der Waals surface area contributed by atoms with E-state index in [1.54, 1.807) is 37.1 Å². The molecule has 0 aliphatic carbocycles. The smallest absolute Gasteiger partial charge is 0.258 e. The standard InChI is InChI=1S/C13H17N3O2/c1-4-16-8(2)12(17)15(3)10-7-5-6-9(14)11(10)13(16)18/h5-8H,4,14H2,1-3H3. The van der Waals surface area contributed by atoms with Crippen LogP contribution in [0.4, 0.5) is 11.4 Å². The van der Waals surface area contributed by atoms with Crippen molar-refractivity contribution in [2.45, 2.75) is 19.9 Å². The molecule has 0 aromatic heterocycles. The third kappa shape index (κ3) is 1.63. The molecule has 96 valence electrons. The molecule has 1 atom stereocenters. The first-order valence-corrected chi connectivity index (χ1v) is 5.96. The molecule has 1 aromatic carbocycles. The van der Waals surface area contributed by atoms with Gasteiger partial charge in [-0.2, -0.15) is 0 Å². The summed E-state index contributed by atoms with van der Waals surface area (Å²) in [5, 5.41) is 0. The fourth-order valence-corrected chi connectivity index (χ4v) is 2.34. The third-order valence-electron chi connectivity index (χ3n) is 3.41. The molecule has 1 aliphatic rings. The second-order valence-electron chi connectivity index (χ2n) is 4.41. The van der Waals surface area contributed by atoms with Crippen LogP contribution in [0.5, 0.6) is 0 Å². The van der Waals surface area contributed by atoms with Gasteiger partial charge in [-0.15, -0.1) is 0 Å². The number of fused-ring (bicyclic) bond motifs is 1. The van der Waals surface area contributed by atoms with E-state index in [-0.39, 0.29) is 11.8 Å². The first-order chi connectivity index (χ1) is 8.49. The largest absolute Gasteiger partial charge is 0.398 e. The summed E-state index contributed by atoms with van der Waals surface area (Å²) in [4.78, 5) is 27.7. The minimum Gasteiger partial charge on any atom is -0.398 e. The van der Waals surface area contributed by atoms with Gasteiger partial charge in [0, 0.05) is 19.3 Å². The van der Waals surface area contributed by atoms with Crippen molar-refractivity contribution in [3.8, 4) is 0 Å². The predicted molar refractivity (Wildman–Crippen MR) is 70.4 cm³/mol. The van der Waals surface area contributed by atoms with Crippen LogP contribution in [0.15, 0.2) is 18.2 Å². The average molecular weight is 247 g/mol. The highest BCUT2D eigenvalue weighted by Gasteiger charge is 2.35. The van der Waals surface area contributed by atoms with Crippen LogP contribution in [-0.2, 0) is 4.79 Å². The zero-order valence-corrected chi connectivity index (χ0v) is 10.8. The van der Waals surface area contributed by atoms with Crippen molar-refractivity contribution in [1.29, 1.82) is 0 Å². The summed E-state index contributed by atoms with van der Waals surface area (Å²) in [7, 11) is 1.67. The van der Waals surface area contributed by atoms with Crippen molar-refractivity contribution in [3.63, 3.8) is 0 Å². The van der Waals surface area contributed by atoms with E-state index < -0.39 is 6.04 Å². The minimum absolute atomic E-state index is 0.102. The Morgan fingerprint density at radius 2 is 2.00 bits per heavy atom. The van der Waals surface area contributed by atoms with E-state index in [9.17, 15) is 9.59 Å². The Morgan fingerprint density at radius 3 is 2.61 bits per heavy atom. The fraction of sp³-hybridized carbons (Fsp3) is 0.385. The molecular formula is C13H17N3O2. The van der Waals surface area contributed by atoms with Gasteiger partial charge >= 0.3 is 0 Å². The van der Waals surface area contributed by atoms with Crippen molar-refractivity contribution < 1.29 is 9.59 Å². The molecule has 1 unspecified atom stereocenters. The Balaban J connectivity index is 2.68. The lowest BCUT2D eigenvalue weighted by Gasteiger charge is -2.25. The SMILES string of the molecule is CCN1C(=O)c2c(N)cccc2N(C)C(=O)C1C. The van der Waals surface area contributed by atoms with Crippen LogP contribution in [0.2, 0.25) is 0 Å². The maximum absolute atomic E-state index is 12.5. The summed E-state index contributed by atoms with van der Waals surface area (Å²) in [6.45, 7) is 4.07. The lowest BCUT2D eigenvalue weighted by molar-refractivity contribution is -0.122. The average Bonchev–Trinajstić information content (AvgIpc) is 2.42. The van der Waals surface area contributed by atoms with Crippen molar-refractivity contribution in [2.75, 3.05) is 24.2 Å². The van der Waals surface area contributed by atoms with E-state index >= 15 is 0 Å². The number of benzene rings is 1. The van der Waals surface area contributed by atoms with Crippen molar-refractivity contribution in [3.05, 3.63) is 23.8 Å². The molecule has 0 fully saturated rings. The van der Waals surface area contributed by atoms with E-state index in [1.165, 1.54) is 4.90 Å². The van der Waals surface area contributed by atoms with E-state index in [4.69, 9.17) is 5.73 Å². The fourth-order valence-electron chi connectivity index (χ4n) is 2.34. The molecule has 5 heteroatoms. The maximum atomic E-state index is 12.5. The zero-order chi connectivity index (χ0) is 13.4. The number of nitrogen functional groups attached to an aromatic ring is 1. The van der Waals surface area contributed by atoms with Gasteiger partial charge in [0.25, 0.3) is 5.91 Å². The Morgan fingerprint density at radius 1 is 1.33 bits per heavy atom. The van der Waals surface area contributed by atoms with Gasteiger partial charge in [-0.1, -0.05) is 6.07 Å². The van der Waals surface area contributed by atoms with Crippen molar-refractivity contribution in [2.24, 2.45) is 0 Å². The van der Waals surface area contributed by atoms with Gasteiger partial charge in [-0.05, 0) is 26.0 Å². The first kappa shape index (κ1) is 12.4. The Hall–Kier alpha value is -2.04. The molecule has 0 bridgehead atoms. The summed E-state index contributed by atoms with van der Waals surface area (Å²) in [5.74, 6) is -0.287. The molecule has 0 radical (unpaired) electrons. The second kappa shape index (κ2) is 4.33. The number of amides is 2. The van der Waals surface area contributed by atoms with Crippen molar-refractivity contribution >= 4 is 23.2 Å². The molecule has 0 spiro atoms. The molecule has 0 saturated carbocycles. The molecule has 1 heterocycles. The normalized spacial score (nSPS) is 19.8. The lowest BCUT2D eigenvalue weighted by Crippen LogP contribution is -2.45. The van der Waals surface area contributed by atoms with Crippen molar-refractivity contribution in [1.82, 2.24) is 4.90 Å². The molecule has 18 heavy (non-hydrogen) atoms. The molecule has 5 nitrogen and oxygen atoms in total. The summed E-state index contributed by atoms with van der Waals surface area (Å²) < 4.78 is 0. The van der Waals surface area contributed by atoms with Crippen LogP contribution < -0.4 is 10.6 Å². The van der Waals surface area contributed by atoms with Gasteiger partial charge in [-0.3, -0.25) is 9.59 Å².